The topological polar surface area (TPSA) is 61.8 Å². The van der Waals surface area contributed by atoms with Crippen LogP contribution < -0.4 is 5.32 Å². The van der Waals surface area contributed by atoms with Gasteiger partial charge in [0.25, 0.3) is 0 Å². The molecule has 0 radical (unpaired) electrons. The lowest BCUT2D eigenvalue weighted by Crippen LogP contribution is -2.54. The number of hydrogen-bond acceptors (Lipinski definition) is 4. The van der Waals surface area contributed by atoms with Gasteiger partial charge < -0.3 is 20.1 Å². The molecule has 0 bridgehead atoms. The number of morpholine rings is 1. The largest absolute Gasteiger partial charge is 0.394 e. The minimum Gasteiger partial charge on any atom is -0.394 e. The number of piperidine rings is 1. The molecule has 2 fully saturated rings. The summed E-state index contributed by atoms with van der Waals surface area (Å²) >= 11 is 0. The van der Waals surface area contributed by atoms with Crippen LogP contribution in [0, 0.1) is 5.92 Å². The van der Waals surface area contributed by atoms with Crippen molar-refractivity contribution in [3.63, 3.8) is 0 Å². The molecule has 0 spiro atoms. The van der Waals surface area contributed by atoms with E-state index in [0.717, 1.165) is 19.4 Å². The summed E-state index contributed by atoms with van der Waals surface area (Å²) in [5.74, 6) is 0.241. The van der Waals surface area contributed by atoms with Crippen molar-refractivity contribution in [2.45, 2.75) is 31.8 Å². The quantitative estimate of drug-likeness (QED) is 0.691. The summed E-state index contributed by atoms with van der Waals surface area (Å²) < 4.78 is 5.29. The number of hydrogen-bond donors (Lipinski definition) is 2. The molecule has 0 aromatic heterocycles. The Morgan fingerprint density at radius 2 is 2.35 bits per heavy atom. The van der Waals surface area contributed by atoms with Crippen molar-refractivity contribution in [3.8, 4) is 0 Å². The van der Waals surface area contributed by atoms with E-state index in [1.54, 1.807) is 4.90 Å². The molecule has 3 unspecified atom stereocenters. The van der Waals surface area contributed by atoms with Crippen molar-refractivity contribution in [1.29, 1.82) is 0 Å². The predicted molar refractivity (Wildman–Crippen MR) is 63.6 cm³/mol. The lowest BCUT2D eigenvalue weighted by molar-refractivity contribution is -0.146. The summed E-state index contributed by atoms with van der Waals surface area (Å²) in [6, 6.07) is 0.355. The van der Waals surface area contributed by atoms with E-state index in [1.165, 1.54) is 0 Å². The fourth-order valence-corrected chi connectivity index (χ4v) is 2.54. The number of nitrogens with zero attached hydrogens (tertiary/aromatic N) is 1. The van der Waals surface area contributed by atoms with E-state index < -0.39 is 0 Å². The third-order valence-corrected chi connectivity index (χ3v) is 3.73. The fraction of sp³-hybridized carbons (Fsp3) is 0.917. The zero-order valence-electron chi connectivity index (χ0n) is 10.4. The number of aliphatic hydroxyl groups excluding tert-OH is 1. The lowest BCUT2D eigenvalue weighted by atomic mass is 9.93. The monoisotopic (exact) mass is 242 g/mol. The first-order chi connectivity index (χ1) is 8.22. The highest BCUT2D eigenvalue weighted by Crippen LogP contribution is 2.19. The smallest absolute Gasteiger partial charge is 0.227 e. The lowest BCUT2D eigenvalue weighted by Gasteiger charge is -2.38. The number of rotatable bonds is 2. The van der Waals surface area contributed by atoms with Crippen LogP contribution in [0.5, 0.6) is 0 Å². The summed E-state index contributed by atoms with van der Waals surface area (Å²) in [4.78, 5) is 14.1. The summed E-state index contributed by atoms with van der Waals surface area (Å²) in [5, 5.41) is 12.6. The zero-order valence-corrected chi connectivity index (χ0v) is 10.4. The molecule has 5 heteroatoms. The van der Waals surface area contributed by atoms with Gasteiger partial charge in [-0.2, -0.15) is 0 Å². The first-order valence-electron chi connectivity index (χ1n) is 6.45. The molecule has 2 aliphatic heterocycles. The van der Waals surface area contributed by atoms with E-state index in [1.807, 2.05) is 0 Å². The predicted octanol–water partition coefficient (Wildman–Crippen LogP) is -0.406. The Morgan fingerprint density at radius 1 is 1.53 bits per heavy atom. The van der Waals surface area contributed by atoms with Gasteiger partial charge in [-0.05, 0) is 19.8 Å². The van der Waals surface area contributed by atoms with Crippen molar-refractivity contribution in [3.05, 3.63) is 0 Å². The maximum absolute atomic E-state index is 12.3. The molecule has 1 amide bonds. The van der Waals surface area contributed by atoms with Gasteiger partial charge in [-0.25, -0.2) is 0 Å². The number of carbonyl (C=O) groups is 1. The molecule has 0 aromatic carbocycles. The van der Waals surface area contributed by atoms with Gasteiger partial charge >= 0.3 is 0 Å². The van der Waals surface area contributed by atoms with Gasteiger partial charge in [0.15, 0.2) is 0 Å². The fourth-order valence-electron chi connectivity index (χ4n) is 2.54. The molecular weight excluding hydrogens is 220 g/mol. The maximum Gasteiger partial charge on any atom is 0.227 e. The Kier molecular flexibility index (Phi) is 4.36. The third kappa shape index (κ3) is 2.97. The second-order valence-corrected chi connectivity index (χ2v) is 5.03. The van der Waals surface area contributed by atoms with Crippen molar-refractivity contribution in [2.24, 2.45) is 5.92 Å². The molecule has 2 heterocycles. The van der Waals surface area contributed by atoms with E-state index in [4.69, 9.17) is 4.74 Å². The highest BCUT2D eigenvalue weighted by atomic mass is 16.5. The van der Waals surface area contributed by atoms with Gasteiger partial charge in [-0.1, -0.05) is 0 Å². The van der Waals surface area contributed by atoms with Gasteiger partial charge in [0.05, 0.1) is 31.8 Å². The Morgan fingerprint density at radius 3 is 3.00 bits per heavy atom. The number of carbonyl (C=O) groups excluding carboxylic acids is 1. The van der Waals surface area contributed by atoms with Crippen molar-refractivity contribution in [2.75, 3.05) is 32.9 Å². The standard InChI is InChI=1S/C12H22N2O3/c1-9-2-3-10(6-13-9)12(16)14-4-5-17-8-11(14)7-15/h9-11,13,15H,2-8H2,1H3. The molecule has 0 saturated carbocycles. The van der Waals surface area contributed by atoms with E-state index in [0.29, 0.717) is 25.8 Å². The van der Waals surface area contributed by atoms with E-state index >= 15 is 0 Å². The minimum atomic E-state index is -0.157. The van der Waals surface area contributed by atoms with Crippen molar-refractivity contribution in [1.82, 2.24) is 10.2 Å². The molecule has 2 rings (SSSR count). The summed E-state index contributed by atoms with van der Waals surface area (Å²) in [6.45, 7) is 4.54. The van der Waals surface area contributed by atoms with Gasteiger partial charge in [0.2, 0.25) is 5.91 Å². The Hall–Kier alpha value is -0.650. The average Bonchev–Trinajstić information content (AvgIpc) is 2.39. The van der Waals surface area contributed by atoms with Crippen LogP contribution in [0.4, 0.5) is 0 Å². The second-order valence-electron chi connectivity index (χ2n) is 5.03. The van der Waals surface area contributed by atoms with Gasteiger partial charge in [0, 0.05) is 19.1 Å². The maximum atomic E-state index is 12.3. The van der Waals surface area contributed by atoms with Crippen LogP contribution in [0.2, 0.25) is 0 Å². The number of amides is 1. The van der Waals surface area contributed by atoms with Crippen LogP contribution in [0.1, 0.15) is 19.8 Å². The molecule has 2 N–H and O–H groups in total. The molecular formula is C12H22N2O3. The summed E-state index contributed by atoms with van der Waals surface area (Å²) in [7, 11) is 0. The number of nitrogens with one attached hydrogen (secondary N) is 1. The highest BCUT2D eigenvalue weighted by Gasteiger charge is 2.33. The first kappa shape index (κ1) is 12.8. The molecule has 0 aromatic rings. The first-order valence-corrected chi connectivity index (χ1v) is 6.45. The van der Waals surface area contributed by atoms with Gasteiger partial charge in [-0.15, -0.1) is 0 Å². The molecule has 2 saturated heterocycles. The van der Waals surface area contributed by atoms with Crippen LogP contribution in [0.3, 0.4) is 0 Å². The molecule has 0 aliphatic carbocycles. The molecule has 3 atom stereocenters. The Labute approximate surface area is 102 Å². The molecule has 17 heavy (non-hydrogen) atoms. The molecule has 2 aliphatic rings. The third-order valence-electron chi connectivity index (χ3n) is 3.73. The number of ether oxygens (including phenoxy) is 1. The second kappa shape index (κ2) is 5.80. The van der Waals surface area contributed by atoms with Crippen LogP contribution in [-0.2, 0) is 9.53 Å². The van der Waals surface area contributed by atoms with Gasteiger partial charge in [0.1, 0.15) is 0 Å². The Bertz CT molecular complexity index is 264. The number of aliphatic hydroxyl groups is 1. The van der Waals surface area contributed by atoms with Crippen molar-refractivity contribution < 1.29 is 14.6 Å². The van der Waals surface area contributed by atoms with Crippen LogP contribution >= 0.6 is 0 Å². The van der Waals surface area contributed by atoms with Crippen LogP contribution in [0.15, 0.2) is 0 Å². The van der Waals surface area contributed by atoms with Crippen LogP contribution in [0.25, 0.3) is 0 Å². The Balaban J connectivity index is 1.93. The van der Waals surface area contributed by atoms with E-state index in [-0.39, 0.29) is 24.5 Å². The molecule has 5 nitrogen and oxygen atoms in total. The van der Waals surface area contributed by atoms with Gasteiger partial charge in [-0.3, -0.25) is 4.79 Å². The zero-order chi connectivity index (χ0) is 12.3. The normalized spacial score (nSPS) is 34.7. The SMILES string of the molecule is CC1CCC(C(=O)N2CCOCC2CO)CN1. The van der Waals surface area contributed by atoms with Crippen molar-refractivity contribution >= 4 is 5.91 Å². The van der Waals surface area contributed by atoms with E-state index in [2.05, 4.69) is 12.2 Å². The van der Waals surface area contributed by atoms with Crippen LogP contribution in [-0.4, -0.2) is 60.9 Å². The summed E-state index contributed by atoms with van der Waals surface area (Å²) in [5.41, 5.74) is 0. The minimum absolute atomic E-state index is 0.0116. The highest BCUT2D eigenvalue weighted by molar-refractivity contribution is 5.79. The summed E-state index contributed by atoms with van der Waals surface area (Å²) in [6.07, 6.45) is 1.99. The average molecular weight is 242 g/mol. The van der Waals surface area contributed by atoms with E-state index in [9.17, 15) is 9.90 Å². The molecule has 98 valence electrons.